The van der Waals surface area contributed by atoms with E-state index >= 15 is 0 Å². The molecule has 1 heterocycles. The largest absolute Gasteiger partial charge is 0.491 e. The zero-order valence-electron chi connectivity index (χ0n) is 7.07. The molecule has 0 bridgehead atoms. The van der Waals surface area contributed by atoms with Crippen molar-refractivity contribution >= 4 is 62.3 Å². The maximum Gasteiger partial charge on any atom is 0.491 e. The van der Waals surface area contributed by atoms with Gasteiger partial charge in [0.1, 0.15) is 0 Å². The zero-order valence-corrected chi connectivity index (χ0v) is 10.0. The summed E-state index contributed by atoms with van der Waals surface area (Å²) in [6.07, 6.45) is 0. The molecule has 4 N–H and O–H groups in total. The summed E-state index contributed by atoms with van der Waals surface area (Å²) in [5, 5.41) is 21.3. The fourth-order valence-electron chi connectivity index (χ4n) is 1.37. The van der Waals surface area contributed by atoms with Crippen molar-refractivity contribution in [2.24, 2.45) is 0 Å². The summed E-state index contributed by atoms with van der Waals surface area (Å²) in [6, 6.07) is 3.73. The minimum absolute atomic E-state index is 0.400. The molecule has 0 saturated carbocycles. The number of hydrogen-bond acceptors (Lipinski definition) is 4. The Morgan fingerprint density at radius 3 is 2.79 bits per heavy atom. The van der Waals surface area contributed by atoms with E-state index < -0.39 is 7.12 Å². The fourth-order valence-corrected chi connectivity index (χ4v) is 3.45. The van der Waals surface area contributed by atoms with Crippen molar-refractivity contribution < 1.29 is 10.0 Å². The number of halogens is 1. The third-order valence-electron chi connectivity index (χ3n) is 2.02. The number of nitrogen functional groups attached to an aromatic ring is 1. The van der Waals surface area contributed by atoms with Crippen LogP contribution in [0.25, 0.3) is 10.1 Å². The summed E-state index contributed by atoms with van der Waals surface area (Å²) in [6.45, 7) is 0. The molecule has 0 aliphatic rings. The predicted molar refractivity (Wildman–Crippen MR) is 68.8 cm³/mol. The van der Waals surface area contributed by atoms with Gasteiger partial charge in [-0.05, 0) is 40.1 Å². The Morgan fingerprint density at radius 1 is 1.43 bits per heavy atom. The number of benzene rings is 1. The van der Waals surface area contributed by atoms with Crippen molar-refractivity contribution in [1.82, 2.24) is 0 Å². The number of nitrogens with two attached hydrogens (primary N) is 1. The van der Waals surface area contributed by atoms with E-state index in [2.05, 4.69) is 22.6 Å². The number of anilines is 1. The van der Waals surface area contributed by atoms with Gasteiger partial charge >= 0.3 is 7.12 Å². The van der Waals surface area contributed by atoms with Gasteiger partial charge in [0.2, 0.25) is 0 Å². The monoisotopic (exact) mass is 319 g/mol. The molecule has 6 heteroatoms. The molecule has 14 heavy (non-hydrogen) atoms. The van der Waals surface area contributed by atoms with Gasteiger partial charge < -0.3 is 15.8 Å². The Morgan fingerprint density at radius 2 is 2.14 bits per heavy atom. The summed E-state index contributed by atoms with van der Waals surface area (Å²) in [5.74, 6) is 0. The predicted octanol–water partition coefficient (Wildman–Crippen LogP) is 0.768. The smallest absolute Gasteiger partial charge is 0.423 e. The van der Waals surface area contributed by atoms with Crippen LogP contribution in [0.2, 0.25) is 0 Å². The molecule has 0 fully saturated rings. The van der Waals surface area contributed by atoms with Crippen LogP contribution in [0.1, 0.15) is 0 Å². The molecule has 0 spiro atoms. The lowest BCUT2D eigenvalue weighted by Crippen LogP contribution is -2.34. The van der Waals surface area contributed by atoms with Crippen LogP contribution < -0.4 is 11.2 Å². The highest BCUT2D eigenvalue weighted by atomic mass is 127. The summed E-state index contributed by atoms with van der Waals surface area (Å²) >= 11 is 3.67. The lowest BCUT2D eigenvalue weighted by atomic mass is 9.78. The molecule has 0 atom stereocenters. The summed E-state index contributed by atoms with van der Waals surface area (Å²) < 4.78 is 1.88. The topological polar surface area (TPSA) is 66.5 Å². The van der Waals surface area contributed by atoms with Crippen molar-refractivity contribution in [2.45, 2.75) is 0 Å². The van der Waals surface area contributed by atoms with Crippen LogP contribution in [0.5, 0.6) is 0 Å². The second-order valence-electron chi connectivity index (χ2n) is 2.90. The van der Waals surface area contributed by atoms with E-state index in [1.54, 1.807) is 17.4 Å². The van der Waals surface area contributed by atoms with Crippen LogP contribution in [-0.4, -0.2) is 17.2 Å². The molecule has 0 radical (unpaired) electrons. The van der Waals surface area contributed by atoms with Gasteiger partial charge in [0.05, 0.1) is 0 Å². The molecule has 1 aromatic heterocycles. The van der Waals surface area contributed by atoms with Crippen LogP contribution in [-0.2, 0) is 0 Å². The highest BCUT2D eigenvalue weighted by molar-refractivity contribution is 14.1. The van der Waals surface area contributed by atoms with E-state index in [4.69, 9.17) is 15.8 Å². The molecule has 0 saturated heterocycles. The Balaban J connectivity index is 2.82. The molecule has 0 unspecified atom stereocenters. The van der Waals surface area contributed by atoms with E-state index in [1.807, 2.05) is 11.4 Å². The molecule has 3 nitrogen and oxygen atoms in total. The third-order valence-corrected chi connectivity index (χ3v) is 4.05. The SMILES string of the molecule is Nc1cc2sccc2c(I)c1B(O)O. The van der Waals surface area contributed by atoms with Crippen molar-refractivity contribution in [2.75, 3.05) is 5.73 Å². The molecule has 0 aliphatic heterocycles. The summed E-state index contributed by atoms with van der Waals surface area (Å²) in [5.41, 5.74) is 6.56. The van der Waals surface area contributed by atoms with Gasteiger partial charge in [-0.25, -0.2) is 0 Å². The Labute approximate surface area is 98.8 Å². The quantitative estimate of drug-likeness (QED) is 0.413. The van der Waals surface area contributed by atoms with Crippen LogP contribution >= 0.6 is 33.9 Å². The van der Waals surface area contributed by atoms with Gasteiger partial charge in [0.15, 0.2) is 0 Å². The first-order valence-corrected chi connectivity index (χ1v) is 5.88. The van der Waals surface area contributed by atoms with Crippen LogP contribution in [0.4, 0.5) is 5.69 Å². The molecule has 0 amide bonds. The molecular formula is C8H7BINO2S. The van der Waals surface area contributed by atoms with Crippen molar-refractivity contribution in [3.05, 3.63) is 21.1 Å². The van der Waals surface area contributed by atoms with E-state index in [1.165, 1.54) is 0 Å². The van der Waals surface area contributed by atoms with Gasteiger partial charge in [-0.2, -0.15) is 0 Å². The Kier molecular flexibility index (Phi) is 2.69. The van der Waals surface area contributed by atoms with Crippen LogP contribution in [0.15, 0.2) is 17.5 Å². The van der Waals surface area contributed by atoms with Crippen molar-refractivity contribution in [3.63, 3.8) is 0 Å². The lowest BCUT2D eigenvalue weighted by Gasteiger charge is -2.08. The Hall–Kier alpha value is -0.305. The molecule has 2 aromatic rings. The summed E-state index contributed by atoms with van der Waals surface area (Å²) in [4.78, 5) is 0. The molecule has 72 valence electrons. The minimum Gasteiger partial charge on any atom is -0.423 e. The molecule has 1 aromatic carbocycles. The zero-order chi connectivity index (χ0) is 10.3. The number of thiophene rings is 1. The first-order valence-electron chi connectivity index (χ1n) is 3.92. The first-order chi connectivity index (χ1) is 6.61. The van der Waals surface area contributed by atoms with E-state index in [9.17, 15) is 0 Å². The van der Waals surface area contributed by atoms with Crippen LogP contribution in [0.3, 0.4) is 0 Å². The number of rotatable bonds is 1. The van der Waals surface area contributed by atoms with E-state index in [0.717, 1.165) is 13.7 Å². The fraction of sp³-hybridized carbons (Fsp3) is 0. The van der Waals surface area contributed by atoms with Gasteiger partial charge in [0.25, 0.3) is 0 Å². The highest BCUT2D eigenvalue weighted by Crippen LogP contribution is 2.27. The summed E-state index contributed by atoms with van der Waals surface area (Å²) in [7, 11) is -1.51. The standard InChI is InChI=1S/C8H7BINO2S/c10-8-4-1-2-14-6(4)3-5(11)7(8)9(12)13/h1-3,12-13H,11H2. The normalized spacial score (nSPS) is 10.8. The number of fused-ring (bicyclic) bond motifs is 1. The highest BCUT2D eigenvalue weighted by Gasteiger charge is 2.20. The average Bonchev–Trinajstić information content (AvgIpc) is 2.50. The van der Waals surface area contributed by atoms with Crippen LogP contribution in [0, 0.1) is 3.57 Å². The molecular weight excluding hydrogens is 312 g/mol. The second kappa shape index (κ2) is 3.69. The van der Waals surface area contributed by atoms with Gasteiger partial charge in [-0.1, -0.05) is 0 Å². The molecule has 2 rings (SSSR count). The van der Waals surface area contributed by atoms with Crippen molar-refractivity contribution in [3.8, 4) is 0 Å². The average molecular weight is 319 g/mol. The third kappa shape index (κ3) is 1.52. The number of hydrogen-bond donors (Lipinski definition) is 3. The minimum atomic E-state index is -1.51. The maximum atomic E-state index is 9.16. The van der Waals surface area contributed by atoms with E-state index in [-0.39, 0.29) is 0 Å². The Bertz CT molecular complexity index is 485. The van der Waals surface area contributed by atoms with Gasteiger partial charge in [0, 0.05) is 24.8 Å². The van der Waals surface area contributed by atoms with E-state index in [0.29, 0.717) is 11.2 Å². The maximum absolute atomic E-state index is 9.16. The van der Waals surface area contributed by atoms with Crippen molar-refractivity contribution in [1.29, 1.82) is 0 Å². The van der Waals surface area contributed by atoms with Gasteiger partial charge in [-0.15, -0.1) is 11.3 Å². The lowest BCUT2D eigenvalue weighted by molar-refractivity contribution is 0.426. The van der Waals surface area contributed by atoms with Gasteiger partial charge in [-0.3, -0.25) is 0 Å². The molecule has 0 aliphatic carbocycles. The first kappa shape index (κ1) is 10.2. The second-order valence-corrected chi connectivity index (χ2v) is 4.93.